The highest BCUT2D eigenvalue weighted by atomic mass is 32.2. The van der Waals surface area contributed by atoms with Crippen LogP contribution in [0.15, 0.2) is 35.2 Å². The smallest absolute Gasteiger partial charge is 0.295 e. The predicted octanol–water partition coefficient (Wildman–Crippen LogP) is 4.03. The van der Waals surface area contributed by atoms with E-state index in [4.69, 9.17) is 0 Å². The highest BCUT2D eigenvalue weighted by Gasteiger charge is 2.20. The topological polar surface area (TPSA) is 72.2 Å². The molecular formula is C19H21N5OS. The maximum absolute atomic E-state index is 12.7. The van der Waals surface area contributed by atoms with Gasteiger partial charge in [-0.3, -0.25) is 4.79 Å². The van der Waals surface area contributed by atoms with E-state index in [0.717, 1.165) is 22.0 Å². The molecule has 4 rings (SSSR count). The van der Waals surface area contributed by atoms with Crippen LogP contribution in [0.1, 0.15) is 47.7 Å². The molecule has 1 fully saturated rings. The maximum atomic E-state index is 12.7. The maximum Gasteiger partial charge on any atom is 0.295 e. The molecule has 2 aromatic heterocycles. The summed E-state index contributed by atoms with van der Waals surface area (Å²) in [5.74, 6) is 0.264. The Morgan fingerprint density at radius 3 is 2.77 bits per heavy atom. The van der Waals surface area contributed by atoms with Gasteiger partial charge in [0.2, 0.25) is 5.82 Å². The van der Waals surface area contributed by atoms with Crippen LogP contribution >= 0.6 is 11.8 Å². The molecule has 3 aromatic rings. The lowest BCUT2D eigenvalue weighted by Crippen LogP contribution is -2.15. The third-order valence-electron chi connectivity index (χ3n) is 4.55. The number of fused-ring (bicyclic) bond motifs is 1. The zero-order valence-electron chi connectivity index (χ0n) is 14.9. The van der Waals surface area contributed by atoms with Crippen LogP contribution in [0, 0.1) is 13.8 Å². The Hall–Kier alpha value is -2.41. The van der Waals surface area contributed by atoms with Gasteiger partial charge in [-0.1, -0.05) is 25.0 Å². The number of nitrogens with zero attached hydrogens (tertiary/aromatic N) is 4. The fourth-order valence-corrected chi connectivity index (χ4v) is 4.63. The lowest BCUT2D eigenvalue weighted by atomic mass is 10.3. The number of para-hydroxylation sites is 1. The van der Waals surface area contributed by atoms with Crippen molar-refractivity contribution in [2.75, 3.05) is 5.32 Å². The molecule has 0 bridgehead atoms. The molecule has 26 heavy (non-hydrogen) atoms. The summed E-state index contributed by atoms with van der Waals surface area (Å²) >= 11 is 1.85. The normalized spacial score (nSPS) is 14.8. The Bertz CT molecular complexity index is 962. The molecule has 1 aromatic carbocycles. The minimum Gasteiger partial charge on any atom is -0.318 e. The quantitative estimate of drug-likeness (QED) is 0.754. The van der Waals surface area contributed by atoms with Crippen molar-refractivity contribution in [3.63, 3.8) is 0 Å². The highest BCUT2D eigenvalue weighted by Crippen LogP contribution is 2.38. The number of aryl methyl sites for hydroxylation is 2. The van der Waals surface area contributed by atoms with Crippen LogP contribution in [0.3, 0.4) is 0 Å². The van der Waals surface area contributed by atoms with Gasteiger partial charge in [0.15, 0.2) is 0 Å². The van der Waals surface area contributed by atoms with Crippen molar-refractivity contribution in [1.29, 1.82) is 0 Å². The van der Waals surface area contributed by atoms with E-state index in [1.165, 1.54) is 25.7 Å². The summed E-state index contributed by atoms with van der Waals surface area (Å²) in [7, 11) is 0. The van der Waals surface area contributed by atoms with Crippen molar-refractivity contribution in [2.45, 2.75) is 49.7 Å². The first-order valence-electron chi connectivity index (χ1n) is 8.88. The lowest BCUT2D eigenvalue weighted by molar-refractivity contribution is 0.101. The number of rotatable bonds is 4. The SMILES string of the molecule is Cc1cc(C)n2nc(C(=O)Nc3ccccc3SC3CCCC3)nc2n1. The summed E-state index contributed by atoms with van der Waals surface area (Å²) in [6.07, 6.45) is 5.07. The second-order valence-corrected chi connectivity index (χ2v) is 8.00. The van der Waals surface area contributed by atoms with Gasteiger partial charge in [0, 0.05) is 21.5 Å². The molecule has 1 saturated carbocycles. The molecule has 1 amide bonds. The molecule has 1 N–H and O–H groups in total. The molecule has 0 unspecified atom stereocenters. The number of nitrogens with one attached hydrogen (secondary N) is 1. The number of amides is 1. The van der Waals surface area contributed by atoms with Gasteiger partial charge in [-0.15, -0.1) is 16.9 Å². The molecule has 6 nitrogen and oxygen atoms in total. The van der Waals surface area contributed by atoms with E-state index in [1.54, 1.807) is 4.52 Å². The van der Waals surface area contributed by atoms with Crippen LogP contribution in [-0.2, 0) is 0 Å². The second-order valence-electron chi connectivity index (χ2n) is 6.66. The molecule has 7 heteroatoms. The average Bonchev–Trinajstić information content (AvgIpc) is 3.26. The minimum absolute atomic E-state index is 0.131. The first kappa shape index (κ1) is 17.0. The Kier molecular flexibility index (Phi) is 4.63. The number of hydrogen-bond donors (Lipinski definition) is 1. The van der Waals surface area contributed by atoms with Gasteiger partial charge in [0.1, 0.15) is 0 Å². The highest BCUT2D eigenvalue weighted by molar-refractivity contribution is 8.00. The number of hydrogen-bond acceptors (Lipinski definition) is 5. The van der Waals surface area contributed by atoms with Gasteiger partial charge in [0.05, 0.1) is 5.69 Å². The zero-order chi connectivity index (χ0) is 18.1. The number of aromatic nitrogens is 4. The summed E-state index contributed by atoms with van der Waals surface area (Å²) < 4.78 is 1.60. The van der Waals surface area contributed by atoms with Crippen LogP contribution in [0.4, 0.5) is 5.69 Å². The molecular weight excluding hydrogens is 346 g/mol. The van der Waals surface area contributed by atoms with Crippen molar-refractivity contribution in [2.24, 2.45) is 0 Å². The average molecular weight is 367 g/mol. The standard InChI is InChI=1S/C19H21N5OS/c1-12-11-13(2)24-19(20-12)22-17(23-24)18(25)21-15-9-5-6-10-16(15)26-14-7-3-4-8-14/h5-6,9-11,14H,3-4,7-8H2,1-2H3,(H,21,25). The van der Waals surface area contributed by atoms with E-state index in [2.05, 4.69) is 26.4 Å². The van der Waals surface area contributed by atoms with Crippen molar-refractivity contribution in [3.8, 4) is 0 Å². The van der Waals surface area contributed by atoms with Crippen molar-refractivity contribution in [1.82, 2.24) is 19.6 Å². The summed E-state index contributed by atoms with van der Waals surface area (Å²) in [5.41, 5.74) is 2.57. The molecule has 0 radical (unpaired) electrons. The molecule has 0 aliphatic heterocycles. The van der Waals surface area contributed by atoms with E-state index in [9.17, 15) is 4.79 Å². The Morgan fingerprint density at radius 1 is 1.19 bits per heavy atom. The Balaban J connectivity index is 1.57. The Morgan fingerprint density at radius 2 is 1.96 bits per heavy atom. The van der Waals surface area contributed by atoms with E-state index in [0.29, 0.717) is 11.0 Å². The van der Waals surface area contributed by atoms with E-state index in [1.807, 2.05) is 49.9 Å². The third kappa shape index (κ3) is 3.44. The first-order chi connectivity index (χ1) is 12.6. The molecule has 1 aliphatic rings. The number of benzene rings is 1. The third-order valence-corrected chi connectivity index (χ3v) is 5.97. The molecule has 2 heterocycles. The number of carbonyl (C=O) groups excluding carboxylic acids is 1. The van der Waals surface area contributed by atoms with Crippen LogP contribution in [0.25, 0.3) is 5.78 Å². The van der Waals surface area contributed by atoms with Gasteiger partial charge in [-0.05, 0) is 44.9 Å². The van der Waals surface area contributed by atoms with E-state index in [-0.39, 0.29) is 11.7 Å². The van der Waals surface area contributed by atoms with Crippen LogP contribution < -0.4 is 5.32 Å². The number of anilines is 1. The van der Waals surface area contributed by atoms with E-state index >= 15 is 0 Å². The van der Waals surface area contributed by atoms with Gasteiger partial charge < -0.3 is 5.32 Å². The van der Waals surface area contributed by atoms with Gasteiger partial charge in [-0.25, -0.2) is 9.50 Å². The minimum atomic E-state index is -0.313. The summed E-state index contributed by atoms with van der Waals surface area (Å²) in [5, 5.41) is 7.91. The fraction of sp³-hybridized carbons (Fsp3) is 0.368. The van der Waals surface area contributed by atoms with E-state index < -0.39 is 0 Å². The van der Waals surface area contributed by atoms with Crippen LogP contribution in [0.2, 0.25) is 0 Å². The summed E-state index contributed by atoms with van der Waals surface area (Å²) in [6.45, 7) is 3.82. The van der Waals surface area contributed by atoms with Crippen molar-refractivity contribution in [3.05, 3.63) is 47.5 Å². The zero-order valence-corrected chi connectivity index (χ0v) is 15.7. The second kappa shape index (κ2) is 7.07. The fourth-order valence-electron chi connectivity index (χ4n) is 3.30. The molecule has 134 valence electrons. The van der Waals surface area contributed by atoms with Crippen molar-refractivity contribution < 1.29 is 4.79 Å². The van der Waals surface area contributed by atoms with Gasteiger partial charge in [0.25, 0.3) is 11.7 Å². The summed E-state index contributed by atoms with van der Waals surface area (Å²) in [4.78, 5) is 22.4. The van der Waals surface area contributed by atoms with Gasteiger partial charge in [-0.2, -0.15) is 4.98 Å². The van der Waals surface area contributed by atoms with Crippen LogP contribution in [0.5, 0.6) is 0 Å². The number of thioether (sulfide) groups is 1. The molecule has 0 atom stereocenters. The molecule has 0 spiro atoms. The largest absolute Gasteiger partial charge is 0.318 e. The van der Waals surface area contributed by atoms with Gasteiger partial charge >= 0.3 is 0 Å². The number of carbonyl (C=O) groups is 1. The monoisotopic (exact) mass is 367 g/mol. The van der Waals surface area contributed by atoms with Crippen LogP contribution in [-0.4, -0.2) is 30.7 Å². The summed E-state index contributed by atoms with van der Waals surface area (Å²) in [6, 6.07) is 9.84. The predicted molar refractivity (Wildman–Crippen MR) is 103 cm³/mol. The molecule has 1 aliphatic carbocycles. The Labute approximate surface area is 156 Å². The van der Waals surface area contributed by atoms with Crippen molar-refractivity contribution >= 4 is 29.1 Å². The first-order valence-corrected chi connectivity index (χ1v) is 9.76. The molecule has 0 saturated heterocycles. The lowest BCUT2D eigenvalue weighted by Gasteiger charge is -2.13.